The first-order valence-corrected chi connectivity index (χ1v) is 6.91. The fourth-order valence-corrected chi connectivity index (χ4v) is 2.11. The first-order chi connectivity index (χ1) is 10.2. The average Bonchev–Trinajstić information content (AvgIpc) is 3.14. The van der Waals surface area contributed by atoms with Crippen LogP contribution in [0, 0.1) is 0 Å². The lowest BCUT2D eigenvalue weighted by molar-refractivity contribution is 0.427. The van der Waals surface area contributed by atoms with Gasteiger partial charge in [-0.1, -0.05) is 12.1 Å². The number of phenolic OH excluding ortho intramolecular Hbond substituents is 1. The molecule has 2 heterocycles. The molecular formula is C15H16N4O2. The highest BCUT2D eigenvalue weighted by atomic mass is 16.5. The highest BCUT2D eigenvalue weighted by molar-refractivity contribution is 5.59. The van der Waals surface area contributed by atoms with Crippen LogP contribution in [0.1, 0.15) is 19.5 Å². The van der Waals surface area contributed by atoms with E-state index < -0.39 is 0 Å². The first kappa shape index (κ1) is 13.4. The number of aromatic nitrogens is 4. The normalized spacial score (nSPS) is 11.0. The predicted molar refractivity (Wildman–Crippen MR) is 77.7 cm³/mol. The summed E-state index contributed by atoms with van der Waals surface area (Å²) in [5.74, 6) is 1.15. The summed E-state index contributed by atoms with van der Waals surface area (Å²) in [4.78, 5) is 4.42. The summed E-state index contributed by atoms with van der Waals surface area (Å²) in [6, 6.07) is 8.66. The molecule has 0 aliphatic carbocycles. The van der Waals surface area contributed by atoms with E-state index in [1.54, 1.807) is 24.3 Å². The fraction of sp³-hybridized carbons (Fsp3) is 0.267. The lowest BCUT2D eigenvalue weighted by Crippen LogP contribution is -1.99. The van der Waals surface area contributed by atoms with Gasteiger partial charge in [0, 0.05) is 12.1 Å². The Kier molecular flexibility index (Phi) is 3.43. The number of phenols is 1. The molecule has 0 saturated carbocycles. The van der Waals surface area contributed by atoms with Gasteiger partial charge < -0.3 is 9.63 Å². The van der Waals surface area contributed by atoms with Gasteiger partial charge in [0.15, 0.2) is 0 Å². The fourth-order valence-electron chi connectivity index (χ4n) is 2.11. The summed E-state index contributed by atoms with van der Waals surface area (Å²) >= 11 is 0. The molecule has 0 fully saturated rings. The van der Waals surface area contributed by atoms with Gasteiger partial charge in [-0.25, -0.2) is 0 Å². The molecule has 3 rings (SSSR count). The first-order valence-electron chi connectivity index (χ1n) is 6.91. The summed E-state index contributed by atoms with van der Waals surface area (Å²) in [7, 11) is 0. The Hall–Kier alpha value is -2.63. The van der Waals surface area contributed by atoms with Gasteiger partial charge in [-0.15, -0.1) is 0 Å². The van der Waals surface area contributed by atoms with E-state index in [4.69, 9.17) is 4.52 Å². The van der Waals surface area contributed by atoms with Crippen LogP contribution in [-0.4, -0.2) is 25.0 Å². The van der Waals surface area contributed by atoms with E-state index in [-0.39, 0.29) is 5.75 Å². The Morgan fingerprint density at radius 1 is 1.19 bits per heavy atom. The Balaban J connectivity index is 1.98. The van der Waals surface area contributed by atoms with Crippen molar-refractivity contribution in [1.82, 2.24) is 19.9 Å². The van der Waals surface area contributed by atoms with E-state index in [9.17, 15) is 5.11 Å². The number of hydrogen-bond donors (Lipinski definition) is 1. The van der Waals surface area contributed by atoms with E-state index in [1.165, 1.54) is 0 Å². The predicted octanol–water partition coefficient (Wildman–Crippen LogP) is 2.89. The second-order valence-corrected chi connectivity index (χ2v) is 4.66. The third-order valence-electron chi connectivity index (χ3n) is 3.26. The lowest BCUT2D eigenvalue weighted by atomic mass is 10.2. The Morgan fingerprint density at radius 3 is 2.62 bits per heavy atom. The Labute approximate surface area is 122 Å². The van der Waals surface area contributed by atoms with Crippen LogP contribution in [0.5, 0.6) is 5.75 Å². The number of nitrogens with zero attached hydrogens (tertiary/aromatic N) is 4. The zero-order chi connectivity index (χ0) is 14.8. The second-order valence-electron chi connectivity index (χ2n) is 4.66. The number of aryl methyl sites for hydroxylation is 2. The molecule has 1 N–H and O–H groups in total. The molecule has 0 aliphatic heterocycles. The van der Waals surface area contributed by atoms with Crippen LogP contribution in [0.4, 0.5) is 0 Å². The van der Waals surface area contributed by atoms with Crippen molar-refractivity contribution in [3.05, 3.63) is 36.0 Å². The van der Waals surface area contributed by atoms with Gasteiger partial charge in [0.05, 0.1) is 5.69 Å². The van der Waals surface area contributed by atoms with Crippen LogP contribution < -0.4 is 0 Å². The van der Waals surface area contributed by atoms with Crippen molar-refractivity contribution >= 4 is 0 Å². The smallest absolute Gasteiger partial charge is 0.276 e. The number of aromatic hydroxyl groups is 1. The summed E-state index contributed by atoms with van der Waals surface area (Å²) in [5, 5.41) is 17.8. The molecule has 0 unspecified atom stereocenters. The van der Waals surface area contributed by atoms with Crippen LogP contribution in [0.15, 0.2) is 34.9 Å². The number of benzene rings is 1. The van der Waals surface area contributed by atoms with Crippen molar-refractivity contribution in [2.45, 2.75) is 26.8 Å². The molecule has 2 aromatic heterocycles. The van der Waals surface area contributed by atoms with Crippen LogP contribution in [0.2, 0.25) is 0 Å². The van der Waals surface area contributed by atoms with Gasteiger partial charge >= 0.3 is 0 Å². The minimum absolute atomic E-state index is 0.208. The molecule has 0 atom stereocenters. The highest BCUT2D eigenvalue weighted by Gasteiger charge is 2.16. The van der Waals surface area contributed by atoms with E-state index in [0.29, 0.717) is 11.7 Å². The maximum Gasteiger partial charge on any atom is 0.276 e. The topological polar surface area (TPSA) is 77.0 Å². The van der Waals surface area contributed by atoms with Crippen molar-refractivity contribution in [2.75, 3.05) is 0 Å². The van der Waals surface area contributed by atoms with E-state index in [1.807, 2.05) is 17.7 Å². The molecular weight excluding hydrogens is 268 g/mol. The van der Waals surface area contributed by atoms with Crippen LogP contribution >= 0.6 is 0 Å². The summed E-state index contributed by atoms with van der Waals surface area (Å²) in [6.07, 6.45) is 0.860. The maximum atomic E-state index is 9.31. The number of hydrogen-bond acceptors (Lipinski definition) is 5. The van der Waals surface area contributed by atoms with Gasteiger partial charge in [-0.2, -0.15) is 10.1 Å². The van der Waals surface area contributed by atoms with Crippen molar-refractivity contribution in [1.29, 1.82) is 0 Å². The molecule has 1 aromatic carbocycles. The van der Waals surface area contributed by atoms with Crippen LogP contribution in [-0.2, 0) is 13.0 Å². The zero-order valence-electron chi connectivity index (χ0n) is 11.9. The van der Waals surface area contributed by atoms with Crippen molar-refractivity contribution in [2.24, 2.45) is 0 Å². The third-order valence-corrected chi connectivity index (χ3v) is 3.26. The van der Waals surface area contributed by atoms with Gasteiger partial charge in [0.25, 0.3) is 5.89 Å². The molecule has 3 aromatic rings. The Bertz CT molecular complexity index is 743. The molecule has 0 bridgehead atoms. The van der Waals surface area contributed by atoms with E-state index >= 15 is 0 Å². The Morgan fingerprint density at radius 2 is 1.95 bits per heavy atom. The van der Waals surface area contributed by atoms with Crippen molar-refractivity contribution in [3.8, 4) is 28.7 Å². The van der Waals surface area contributed by atoms with Gasteiger partial charge in [-0.05, 0) is 43.7 Å². The van der Waals surface area contributed by atoms with Gasteiger partial charge in [0.1, 0.15) is 11.4 Å². The van der Waals surface area contributed by atoms with Crippen molar-refractivity contribution < 1.29 is 9.63 Å². The molecule has 0 saturated heterocycles. The minimum Gasteiger partial charge on any atom is -0.508 e. The zero-order valence-corrected chi connectivity index (χ0v) is 11.9. The van der Waals surface area contributed by atoms with Crippen LogP contribution in [0.25, 0.3) is 23.0 Å². The summed E-state index contributed by atoms with van der Waals surface area (Å²) < 4.78 is 7.21. The van der Waals surface area contributed by atoms with Crippen molar-refractivity contribution in [3.63, 3.8) is 0 Å². The monoisotopic (exact) mass is 284 g/mol. The minimum atomic E-state index is 0.208. The highest BCUT2D eigenvalue weighted by Crippen LogP contribution is 2.24. The standard InChI is InChI=1S/C15H16N4O2/c1-3-11-9-13(19(4-2)17-11)15-16-14(18-21-15)10-5-7-12(20)8-6-10/h5-9,20H,3-4H2,1-2H3. The summed E-state index contributed by atoms with van der Waals surface area (Å²) in [6.45, 7) is 4.82. The SMILES string of the molecule is CCc1cc(-c2nc(-c3ccc(O)cc3)no2)n(CC)n1. The number of rotatable bonds is 4. The molecule has 0 aliphatic rings. The second kappa shape index (κ2) is 5.40. The molecule has 108 valence electrons. The molecule has 21 heavy (non-hydrogen) atoms. The molecule has 6 nitrogen and oxygen atoms in total. The van der Waals surface area contributed by atoms with Gasteiger partial charge in [-0.3, -0.25) is 4.68 Å². The van der Waals surface area contributed by atoms with Crippen LogP contribution in [0.3, 0.4) is 0 Å². The molecule has 0 amide bonds. The lowest BCUT2D eigenvalue weighted by Gasteiger charge is -1.98. The quantitative estimate of drug-likeness (QED) is 0.797. The molecule has 0 spiro atoms. The maximum absolute atomic E-state index is 9.31. The third kappa shape index (κ3) is 2.52. The largest absolute Gasteiger partial charge is 0.508 e. The molecule has 6 heteroatoms. The molecule has 0 radical (unpaired) electrons. The van der Waals surface area contributed by atoms with Gasteiger partial charge in [0.2, 0.25) is 5.82 Å². The average molecular weight is 284 g/mol. The summed E-state index contributed by atoms with van der Waals surface area (Å²) in [5.41, 5.74) is 2.61. The van der Waals surface area contributed by atoms with E-state index in [2.05, 4.69) is 22.2 Å². The van der Waals surface area contributed by atoms with E-state index in [0.717, 1.165) is 29.9 Å².